The number of ketones is 1. The molecule has 0 saturated heterocycles. The Balaban J connectivity index is 1.88. The first-order chi connectivity index (χ1) is 13.5. The predicted octanol–water partition coefficient (Wildman–Crippen LogP) is 2.28. The summed E-state index contributed by atoms with van der Waals surface area (Å²) in [6.45, 7) is 0. The van der Waals surface area contributed by atoms with Gasteiger partial charge in [0.15, 0.2) is 5.78 Å². The van der Waals surface area contributed by atoms with Gasteiger partial charge >= 0.3 is 0 Å². The molecule has 3 rings (SSSR count). The summed E-state index contributed by atoms with van der Waals surface area (Å²) >= 11 is 0. The number of benzene rings is 2. The van der Waals surface area contributed by atoms with Crippen molar-refractivity contribution in [1.29, 1.82) is 0 Å². The first kappa shape index (κ1) is 19.2. The lowest BCUT2D eigenvalue weighted by atomic mass is 10.00. The standard InChI is InChI=1S/C22H20N2O4/c23-20(26)13-7-6-12-19(25)18(14-15-8-2-1-3-9-15)24-21(27)16-10-4-5-11-17(16)22(24)28/h1-6,8-12,18H,7,13-14H2,(H2,23,26). The average molecular weight is 376 g/mol. The Morgan fingerprint density at radius 1 is 0.929 bits per heavy atom. The molecular formula is C22H20N2O4. The van der Waals surface area contributed by atoms with Crippen molar-refractivity contribution >= 4 is 23.5 Å². The van der Waals surface area contributed by atoms with Crippen LogP contribution in [0.3, 0.4) is 0 Å². The van der Waals surface area contributed by atoms with E-state index in [0.717, 1.165) is 10.5 Å². The third kappa shape index (κ3) is 4.06. The van der Waals surface area contributed by atoms with E-state index in [9.17, 15) is 19.2 Å². The number of rotatable bonds is 8. The highest BCUT2D eigenvalue weighted by Gasteiger charge is 2.41. The number of carbonyl (C=O) groups is 4. The molecule has 142 valence electrons. The molecule has 1 atom stereocenters. The molecule has 6 heteroatoms. The SMILES string of the molecule is NC(=O)CCC=CC(=O)C(Cc1ccccc1)N1C(=O)c2ccccc2C1=O. The van der Waals surface area contributed by atoms with E-state index in [-0.39, 0.29) is 18.6 Å². The number of amides is 3. The average Bonchev–Trinajstić information content (AvgIpc) is 2.95. The van der Waals surface area contributed by atoms with Crippen molar-refractivity contribution in [3.8, 4) is 0 Å². The third-order valence-corrected chi connectivity index (χ3v) is 4.58. The first-order valence-electron chi connectivity index (χ1n) is 8.98. The van der Waals surface area contributed by atoms with Crippen LogP contribution in [0.25, 0.3) is 0 Å². The molecule has 0 spiro atoms. The second kappa shape index (κ2) is 8.43. The maximum absolute atomic E-state index is 12.9. The smallest absolute Gasteiger partial charge is 0.262 e. The molecule has 1 aliphatic rings. The van der Waals surface area contributed by atoms with Gasteiger partial charge in [-0.2, -0.15) is 0 Å². The molecule has 0 aliphatic carbocycles. The van der Waals surface area contributed by atoms with Gasteiger partial charge in [-0.1, -0.05) is 48.5 Å². The van der Waals surface area contributed by atoms with Gasteiger partial charge in [0, 0.05) is 12.8 Å². The van der Waals surface area contributed by atoms with Gasteiger partial charge in [0.2, 0.25) is 5.91 Å². The summed E-state index contributed by atoms with van der Waals surface area (Å²) in [5, 5.41) is 0. The molecule has 2 aromatic carbocycles. The van der Waals surface area contributed by atoms with Gasteiger partial charge in [-0.3, -0.25) is 24.1 Å². The van der Waals surface area contributed by atoms with Gasteiger partial charge in [-0.15, -0.1) is 0 Å². The van der Waals surface area contributed by atoms with Crippen molar-refractivity contribution < 1.29 is 19.2 Å². The lowest BCUT2D eigenvalue weighted by molar-refractivity contribution is -0.119. The summed E-state index contributed by atoms with van der Waals surface area (Å²) in [4.78, 5) is 50.4. The van der Waals surface area contributed by atoms with Crippen molar-refractivity contribution in [1.82, 2.24) is 4.90 Å². The van der Waals surface area contributed by atoms with Gasteiger partial charge in [-0.05, 0) is 30.2 Å². The molecular weight excluding hydrogens is 356 g/mol. The Bertz CT molecular complexity index is 915. The van der Waals surface area contributed by atoms with Crippen molar-refractivity contribution in [2.45, 2.75) is 25.3 Å². The molecule has 0 saturated carbocycles. The molecule has 1 unspecified atom stereocenters. The Kier molecular flexibility index (Phi) is 5.79. The van der Waals surface area contributed by atoms with Gasteiger partial charge in [0.25, 0.3) is 11.8 Å². The number of carbonyl (C=O) groups excluding carboxylic acids is 4. The summed E-state index contributed by atoms with van der Waals surface area (Å²) in [5.41, 5.74) is 6.54. The summed E-state index contributed by atoms with van der Waals surface area (Å²) in [7, 11) is 0. The normalized spacial score (nSPS) is 14.4. The van der Waals surface area contributed by atoms with E-state index < -0.39 is 23.8 Å². The van der Waals surface area contributed by atoms with Gasteiger partial charge in [0.05, 0.1) is 11.1 Å². The fourth-order valence-electron chi connectivity index (χ4n) is 3.18. The van der Waals surface area contributed by atoms with E-state index in [1.165, 1.54) is 6.08 Å². The topological polar surface area (TPSA) is 97.5 Å². The fourth-order valence-corrected chi connectivity index (χ4v) is 3.18. The van der Waals surface area contributed by atoms with Crippen LogP contribution in [0.5, 0.6) is 0 Å². The molecule has 6 nitrogen and oxygen atoms in total. The largest absolute Gasteiger partial charge is 0.370 e. The highest BCUT2D eigenvalue weighted by atomic mass is 16.2. The number of hydrogen-bond acceptors (Lipinski definition) is 4. The number of primary amides is 1. The molecule has 1 aliphatic heterocycles. The number of hydrogen-bond donors (Lipinski definition) is 1. The zero-order valence-electron chi connectivity index (χ0n) is 15.2. The van der Waals surface area contributed by atoms with Crippen LogP contribution in [0.4, 0.5) is 0 Å². The molecule has 2 N–H and O–H groups in total. The van der Waals surface area contributed by atoms with Gasteiger partial charge < -0.3 is 5.73 Å². The number of allylic oxidation sites excluding steroid dienone is 1. The quantitative estimate of drug-likeness (QED) is 0.564. The van der Waals surface area contributed by atoms with E-state index in [4.69, 9.17) is 5.73 Å². The number of fused-ring (bicyclic) bond motifs is 1. The minimum Gasteiger partial charge on any atom is -0.370 e. The lowest BCUT2D eigenvalue weighted by Crippen LogP contribution is -2.45. The highest BCUT2D eigenvalue weighted by Crippen LogP contribution is 2.26. The zero-order chi connectivity index (χ0) is 20.1. The summed E-state index contributed by atoms with van der Waals surface area (Å²) in [5.74, 6) is -1.78. The second-order valence-corrected chi connectivity index (χ2v) is 6.54. The number of nitrogens with zero attached hydrogens (tertiary/aromatic N) is 1. The van der Waals surface area contributed by atoms with Crippen LogP contribution in [0.2, 0.25) is 0 Å². The molecule has 2 aromatic rings. The third-order valence-electron chi connectivity index (χ3n) is 4.58. The Hall–Kier alpha value is -3.54. The van der Waals surface area contributed by atoms with Crippen LogP contribution in [0, 0.1) is 0 Å². The summed E-state index contributed by atoms with van der Waals surface area (Å²) in [6, 6.07) is 14.8. The molecule has 28 heavy (non-hydrogen) atoms. The summed E-state index contributed by atoms with van der Waals surface area (Å²) in [6.07, 6.45) is 3.52. The fraction of sp³-hybridized carbons (Fsp3) is 0.182. The monoisotopic (exact) mass is 376 g/mol. The maximum atomic E-state index is 12.9. The first-order valence-corrected chi connectivity index (χ1v) is 8.98. The van der Waals surface area contributed by atoms with Gasteiger partial charge in [0.1, 0.15) is 6.04 Å². The Morgan fingerprint density at radius 3 is 2.07 bits per heavy atom. The van der Waals surface area contributed by atoms with Crippen molar-refractivity contribution in [2.24, 2.45) is 5.73 Å². The molecule has 0 radical (unpaired) electrons. The molecule has 0 aromatic heterocycles. The van der Waals surface area contributed by atoms with Crippen LogP contribution >= 0.6 is 0 Å². The van der Waals surface area contributed by atoms with Crippen LogP contribution in [-0.2, 0) is 16.0 Å². The Labute approximate surface area is 162 Å². The summed E-state index contributed by atoms with van der Waals surface area (Å²) < 4.78 is 0. The van der Waals surface area contributed by atoms with Crippen LogP contribution in [0.15, 0.2) is 66.7 Å². The van der Waals surface area contributed by atoms with E-state index in [2.05, 4.69) is 0 Å². The van der Waals surface area contributed by atoms with Crippen LogP contribution < -0.4 is 5.73 Å². The second-order valence-electron chi connectivity index (χ2n) is 6.54. The number of imide groups is 1. The minimum absolute atomic E-state index is 0.125. The molecule has 1 heterocycles. The van der Waals surface area contributed by atoms with Crippen molar-refractivity contribution in [2.75, 3.05) is 0 Å². The zero-order valence-corrected chi connectivity index (χ0v) is 15.2. The van der Waals surface area contributed by atoms with E-state index in [1.807, 2.05) is 30.3 Å². The molecule has 0 bridgehead atoms. The highest BCUT2D eigenvalue weighted by molar-refractivity contribution is 6.23. The Morgan fingerprint density at radius 2 is 1.50 bits per heavy atom. The van der Waals surface area contributed by atoms with E-state index >= 15 is 0 Å². The predicted molar refractivity (Wildman–Crippen MR) is 103 cm³/mol. The number of nitrogens with two attached hydrogens (primary N) is 1. The van der Waals surface area contributed by atoms with Crippen LogP contribution in [-0.4, -0.2) is 34.4 Å². The van der Waals surface area contributed by atoms with E-state index in [0.29, 0.717) is 17.5 Å². The minimum atomic E-state index is -0.959. The van der Waals surface area contributed by atoms with Crippen LogP contribution in [0.1, 0.15) is 39.1 Å². The van der Waals surface area contributed by atoms with Gasteiger partial charge in [-0.25, -0.2) is 0 Å². The lowest BCUT2D eigenvalue weighted by Gasteiger charge is -2.24. The van der Waals surface area contributed by atoms with Crippen molar-refractivity contribution in [3.63, 3.8) is 0 Å². The van der Waals surface area contributed by atoms with Crippen molar-refractivity contribution in [3.05, 3.63) is 83.4 Å². The maximum Gasteiger partial charge on any atom is 0.262 e. The molecule has 3 amide bonds. The van der Waals surface area contributed by atoms with E-state index in [1.54, 1.807) is 30.3 Å². The molecule has 0 fully saturated rings.